The fraction of sp³-hybridized carbons (Fsp3) is 0.647. The van der Waals surface area contributed by atoms with Crippen molar-refractivity contribution in [1.29, 1.82) is 0 Å². The maximum atomic E-state index is 6.07. The number of fused-ring (bicyclic) bond motifs is 1. The van der Waals surface area contributed by atoms with Crippen LogP contribution < -0.4 is 10.1 Å². The first kappa shape index (κ1) is 13.9. The van der Waals surface area contributed by atoms with Crippen molar-refractivity contribution in [2.45, 2.75) is 51.3 Å². The molecule has 1 aromatic carbocycles. The molecule has 2 aliphatic rings. The van der Waals surface area contributed by atoms with Gasteiger partial charge < -0.3 is 10.1 Å². The van der Waals surface area contributed by atoms with E-state index in [4.69, 9.17) is 4.74 Å². The molecule has 0 amide bonds. The van der Waals surface area contributed by atoms with E-state index in [9.17, 15) is 0 Å². The van der Waals surface area contributed by atoms with Crippen molar-refractivity contribution in [3.63, 3.8) is 0 Å². The number of hydrogen-bond acceptors (Lipinski definition) is 3. The molecule has 1 atom stereocenters. The first-order valence-electron chi connectivity index (χ1n) is 7.87. The molecule has 3 rings (SSSR count). The number of hydrogen-bond donors (Lipinski definition) is 1. The fourth-order valence-electron chi connectivity index (χ4n) is 3.28. The quantitative estimate of drug-likeness (QED) is 0.863. The van der Waals surface area contributed by atoms with Crippen LogP contribution in [0.5, 0.6) is 5.75 Å². The number of para-hydroxylation sites is 1. The van der Waals surface area contributed by atoms with Crippen LogP contribution in [0.15, 0.2) is 24.3 Å². The van der Waals surface area contributed by atoms with Crippen molar-refractivity contribution in [2.75, 3.05) is 19.6 Å². The molecule has 3 nitrogen and oxygen atoms in total. The lowest BCUT2D eigenvalue weighted by atomic mass is 9.94. The molecule has 0 spiro atoms. The first-order chi connectivity index (χ1) is 9.62. The van der Waals surface area contributed by atoms with Crippen molar-refractivity contribution < 1.29 is 4.74 Å². The highest BCUT2D eigenvalue weighted by Gasteiger charge is 2.40. The lowest BCUT2D eigenvalue weighted by Crippen LogP contribution is -2.42. The lowest BCUT2D eigenvalue weighted by Gasteiger charge is -2.28. The summed E-state index contributed by atoms with van der Waals surface area (Å²) in [6.45, 7) is 9.92. The summed E-state index contributed by atoms with van der Waals surface area (Å²) in [5.74, 6) is 1.03. The third-order valence-corrected chi connectivity index (χ3v) is 4.52. The SMILES string of the molecule is CCN(CCNC1c2ccccc2OC1(C)C)C1CC1. The second-order valence-electron chi connectivity index (χ2n) is 6.49. The van der Waals surface area contributed by atoms with Gasteiger partial charge in [-0.15, -0.1) is 0 Å². The van der Waals surface area contributed by atoms with Crippen molar-refractivity contribution in [3.05, 3.63) is 29.8 Å². The third-order valence-electron chi connectivity index (χ3n) is 4.52. The van der Waals surface area contributed by atoms with Gasteiger partial charge >= 0.3 is 0 Å². The summed E-state index contributed by atoms with van der Waals surface area (Å²) in [4.78, 5) is 2.59. The van der Waals surface area contributed by atoms with Gasteiger partial charge in [0, 0.05) is 24.7 Å². The molecule has 110 valence electrons. The van der Waals surface area contributed by atoms with Crippen LogP contribution in [0, 0.1) is 0 Å². The molecule has 20 heavy (non-hydrogen) atoms. The minimum absolute atomic E-state index is 0.166. The smallest absolute Gasteiger partial charge is 0.125 e. The normalized spacial score (nSPS) is 23.7. The molecule has 1 unspecified atom stereocenters. The van der Waals surface area contributed by atoms with E-state index in [1.807, 2.05) is 6.07 Å². The molecule has 1 aromatic rings. The number of nitrogens with zero attached hydrogens (tertiary/aromatic N) is 1. The summed E-state index contributed by atoms with van der Waals surface area (Å²) in [5.41, 5.74) is 1.13. The molecule has 0 saturated heterocycles. The topological polar surface area (TPSA) is 24.5 Å². The van der Waals surface area contributed by atoms with Gasteiger partial charge in [0.15, 0.2) is 0 Å². The summed E-state index contributed by atoms with van der Waals surface area (Å²) in [6, 6.07) is 9.53. The van der Waals surface area contributed by atoms with Crippen LogP contribution in [0.2, 0.25) is 0 Å². The van der Waals surface area contributed by atoms with Crippen LogP contribution in [0.4, 0.5) is 0 Å². The number of ether oxygens (including phenoxy) is 1. The van der Waals surface area contributed by atoms with Crippen molar-refractivity contribution in [3.8, 4) is 5.75 Å². The van der Waals surface area contributed by atoms with Crippen LogP contribution in [0.3, 0.4) is 0 Å². The average Bonchev–Trinajstić information content (AvgIpc) is 3.20. The molecule has 3 heteroatoms. The summed E-state index contributed by atoms with van der Waals surface area (Å²) < 4.78 is 6.07. The van der Waals surface area contributed by atoms with E-state index in [1.54, 1.807) is 0 Å². The zero-order chi connectivity index (χ0) is 14.2. The Hall–Kier alpha value is -1.06. The van der Waals surface area contributed by atoms with E-state index < -0.39 is 0 Å². The zero-order valence-electron chi connectivity index (χ0n) is 12.9. The summed E-state index contributed by atoms with van der Waals surface area (Å²) in [7, 11) is 0. The van der Waals surface area contributed by atoms with Crippen LogP contribution >= 0.6 is 0 Å². The van der Waals surface area contributed by atoms with Gasteiger partial charge in [-0.05, 0) is 39.3 Å². The Morgan fingerprint density at radius 2 is 2.05 bits per heavy atom. The molecule has 1 fully saturated rings. The van der Waals surface area contributed by atoms with E-state index in [0.29, 0.717) is 0 Å². The highest BCUT2D eigenvalue weighted by Crippen LogP contribution is 2.42. The van der Waals surface area contributed by atoms with Crippen molar-refractivity contribution in [1.82, 2.24) is 10.2 Å². The Bertz CT molecular complexity index is 468. The maximum Gasteiger partial charge on any atom is 0.125 e. The first-order valence-corrected chi connectivity index (χ1v) is 7.87. The predicted molar refractivity (Wildman–Crippen MR) is 82.2 cm³/mol. The van der Waals surface area contributed by atoms with E-state index in [1.165, 1.54) is 18.4 Å². The molecule has 1 N–H and O–H groups in total. The van der Waals surface area contributed by atoms with Gasteiger partial charge in [0.25, 0.3) is 0 Å². The third kappa shape index (κ3) is 2.70. The van der Waals surface area contributed by atoms with E-state index in [0.717, 1.165) is 31.4 Å². The summed E-state index contributed by atoms with van der Waals surface area (Å²) in [5, 5.41) is 3.71. The van der Waals surface area contributed by atoms with Gasteiger partial charge in [-0.3, -0.25) is 4.90 Å². The zero-order valence-corrected chi connectivity index (χ0v) is 12.9. The largest absolute Gasteiger partial charge is 0.486 e. The number of rotatable bonds is 6. The molecule has 0 aromatic heterocycles. The highest BCUT2D eigenvalue weighted by molar-refractivity contribution is 5.42. The van der Waals surface area contributed by atoms with Crippen LogP contribution in [0.25, 0.3) is 0 Å². The Kier molecular flexibility index (Phi) is 3.74. The van der Waals surface area contributed by atoms with Crippen molar-refractivity contribution in [2.24, 2.45) is 0 Å². The molecular weight excluding hydrogens is 248 g/mol. The number of likely N-dealkylation sites (N-methyl/N-ethyl adjacent to an activating group) is 1. The standard InChI is InChI=1S/C17H26N2O/c1-4-19(13-9-10-13)12-11-18-16-14-7-5-6-8-15(14)20-17(16,2)3/h5-8,13,16,18H,4,9-12H2,1-3H3. The second kappa shape index (κ2) is 5.38. The van der Waals surface area contributed by atoms with Gasteiger partial charge in [-0.2, -0.15) is 0 Å². The highest BCUT2D eigenvalue weighted by atomic mass is 16.5. The molecule has 0 bridgehead atoms. The maximum absolute atomic E-state index is 6.07. The Morgan fingerprint density at radius 3 is 2.75 bits per heavy atom. The summed E-state index contributed by atoms with van der Waals surface area (Å²) in [6.07, 6.45) is 2.77. The minimum atomic E-state index is -0.166. The van der Waals surface area contributed by atoms with Gasteiger partial charge in [-0.25, -0.2) is 0 Å². The predicted octanol–water partition coefficient (Wildman–Crippen LogP) is 2.97. The fourth-order valence-corrected chi connectivity index (χ4v) is 3.28. The molecule has 1 aliphatic carbocycles. The van der Waals surface area contributed by atoms with E-state index in [2.05, 4.69) is 49.2 Å². The number of nitrogens with one attached hydrogen (secondary N) is 1. The Morgan fingerprint density at radius 1 is 1.30 bits per heavy atom. The van der Waals surface area contributed by atoms with Gasteiger partial charge in [0.1, 0.15) is 11.4 Å². The van der Waals surface area contributed by atoms with E-state index >= 15 is 0 Å². The van der Waals surface area contributed by atoms with Gasteiger partial charge in [0.2, 0.25) is 0 Å². The molecule has 0 radical (unpaired) electrons. The molecular formula is C17H26N2O. The lowest BCUT2D eigenvalue weighted by molar-refractivity contribution is 0.0948. The van der Waals surface area contributed by atoms with Crippen LogP contribution in [-0.4, -0.2) is 36.2 Å². The Balaban J connectivity index is 1.61. The average molecular weight is 274 g/mol. The van der Waals surface area contributed by atoms with Crippen molar-refractivity contribution >= 4 is 0 Å². The van der Waals surface area contributed by atoms with Gasteiger partial charge in [-0.1, -0.05) is 25.1 Å². The van der Waals surface area contributed by atoms with E-state index in [-0.39, 0.29) is 11.6 Å². The summed E-state index contributed by atoms with van der Waals surface area (Å²) >= 11 is 0. The Labute approximate surface area is 122 Å². The van der Waals surface area contributed by atoms with Gasteiger partial charge in [0.05, 0.1) is 6.04 Å². The monoisotopic (exact) mass is 274 g/mol. The second-order valence-corrected chi connectivity index (χ2v) is 6.49. The minimum Gasteiger partial charge on any atom is -0.486 e. The molecule has 1 aliphatic heterocycles. The molecule has 1 saturated carbocycles. The van der Waals surface area contributed by atoms with Crippen LogP contribution in [0.1, 0.15) is 45.2 Å². The van der Waals surface area contributed by atoms with Crippen LogP contribution in [-0.2, 0) is 0 Å². The number of benzene rings is 1. The molecule has 1 heterocycles.